The summed E-state index contributed by atoms with van der Waals surface area (Å²) in [6.07, 6.45) is 2.58. The zero-order chi connectivity index (χ0) is 19.1. The maximum Gasteiger partial charge on any atom is 0.280 e. The molecule has 1 heterocycles. The third-order valence-electron chi connectivity index (χ3n) is 3.40. The highest BCUT2D eigenvalue weighted by Gasteiger charge is 2.20. The van der Waals surface area contributed by atoms with Crippen LogP contribution in [0, 0.1) is 21.4 Å². The van der Waals surface area contributed by atoms with E-state index in [2.05, 4.69) is 5.32 Å². The molecule has 0 bridgehead atoms. The first-order valence-electron chi connectivity index (χ1n) is 7.33. The van der Waals surface area contributed by atoms with E-state index >= 15 is 0 Å². The molecule has 26 heavy (non-hydrogen) atoms. The van der Waals surface area contributed by atoms with Crippen LogP contribution in [0.5, 0.6) is 11.5 Å². The molecule has 0 aliphatic rings. The van der Waals surface area contributed by atoms with Gasteiger partial charge in [-0.2, -0.15) is 5.26 Å². The van der Waals surface area contributed by atoms with Gasteiger partial charge >= 0.3 is 0 Å². The number of methoxy groups -OCH3 is 2. The molecular formula is C17H15N3O6. The van der Waals surface area contributed by atoms with E-state index in [1.54, 1.807) is 18.2 Å². The van der Waals surface area contributed by atoms with Crippen molar-refractivity contribution in [1.29, 1.82) is 5.26 Å². The molecule has 0 radical (unpaired) electrons. The molecule has 0 spiro atoms. The molecule has 0 saturated carbocycles. The molecule has 1 amide bonds. The number of carbonyl (C=O) groups is 1. The zero-order valence-electron chi connectivity index (χ0n) is 14.0. The second kappa shape index (κ2) is 8.34. The Balaban J connectivity index is 2.36. The van der Waals surface area contributed by atoms with Gasteiger partial charge in [-0.15, -0.1) is 0 Å². The van der Waals surface area contributed by atoms with E-state index in [0.29, 0.717) is 5.76 Å². The lowest BCUT2D eigenvalue weighted by Gasteiger charge is -2.09. The summed E-state index contributed by atoms with van der Waals surface area (Å²) in [7, 11) is 2.72. The summed E-state index contributed by atoms with van der Waals surface area (Å²) in [5.74, 6) is 0.218. The average Bonchev–Trinajstić information content (AvgIpc) is 3.16. The molecule has 0 atom stereocenters. The number of benzene rings is 1. The van der Waals surface area contributed by atoms with Gasteiger partial charge in [0.05, 0.1) is 43.6 Å². The Morgan fingerprint density at radius 2 is 2.08 bits per heavy atom. The molecule has 9 nitrogen and oxygen atoms in total. The molecular weight excluding hydrogens is 342 g/mol. The van der Waals surface area contributed by atoms with Gasteiger partial charge in [0.15, 0.2) is 11.5 Å². The van der Waals surface area contributed by atoms with Crippen molar-refractivity contribution < 1.29 is 23.6 Å². The lowest BCUT2D eigenvalue weighted by molar-refractivity contribution is -0.385. The first-order valence-corrected chi connectivity index (χ1v) is 7.33. The molecule has 1 aromatic heterocycles. The maximum atomic E-state index is 12.2. The number of ether oxygens (including phenoxy) is 2. The molecule has 1 aromatic carbocycles. The summed E-state index contributed by atoms with van der Waals surface area (Å²) >= 11 is 0. The summed E-state index contributed by atoms with van der Waals surface area (Å²) in [5.41, 5.74) is -0.585. The Labute approximate surface area is 148 Å². The normalized spacial score (nSPS) is 10.7. The number of nitrogens with one attached hydrogen (secondary N) is 1. The first kappa shape index (κ1) is 18.5. The van der Waals surface area contributed by atoms with Gasteiger partial charge in [0.1, 0.15) is 17.4 Å². The number of rotatable bonds is 7. The number of furan rings is 1. The van der Waals surface area contributed by atoms with Crippen LogP contribution in [0.3, 0.4) is 0 Å². The van der Waals surface area contributed by atoms with Crippen molar-refractivity contribution in [2.75, 3.05) is 14.2 Å². The maximum absolute atomic E-state index is 12.2. The van der Waals surface area contributed by atoms with Crippen LogP contribution in [-0.2, 0) is 11.3 Å². The highest BCUT2D eigenvalue weighted by Crippen LogP contribution is 2.35. The highest BCUT2D eigenvalue weighted by molar-refractivity contribution is 6.02. The molecule has 0 aliphatic carbocycles. The minimum atomic E-state index is -0.687. The largest absolute Gasteiger partial charge is 0.493 e. The summed E-state index contributed by atoms with van der Waals surface area (Å²) in [4.78, 5) is 22.8. The Hall–Kier alpha value is -3.80. The molecule has 2 aromatic rings. The number of nitro benzene ring substituents is 1. The fraction of sp³-hybridized carbons (Fsp3) is 0.176. The topological polar surface area (TPSA) is 128 Å². The van der Waals surface area contributed by atoms with Crippen LogP contribution < -0.4 is 14.8 Å². The van der Waals surface area contributed by atoms with Gasteiger partial charge < -0.3 is 19.2 Å². The van der Waals surface area contributed by atoms with Crippen LogP contribution in [0.2, 0.25) is 0 Å². The van der Waals surface area contributed by atoms with Crippen LogP contribution in [-0.4, -0.2) is 25.1 Å². The standard InChI is InChI=1S/C17H15N3O6/c1-24-15-7-11(14(20(22)23)8-16(15)25-2)6-12(9-18)17(21)19-10-13-4-3-5-26-13/h3-8H,10H2,1-2H3,(H,19,21). The third kappa shape index (κ3) is 4.18. The number of nitrogens with zero attached hydrogens (tertiary/aromatic N) is 2. The summed E-state index contributed by atoms with van der Waals surface area (Å²) in [6, 6.07) is 7.56. The van der Waals surface area contributed by atoms with Gasteiger partial charge in [0, 0.05) is 0 Å². The van der Waals surface area contributed by atoms with Crippen LogP contribution >= 0.6 is 0 Å². The SMILES string of the molecule is COc1cc(C=C(C#N)C(=O)NCc2ccco2)c([N+](=O)[O-])cc1OC. The van der Waals surface area contributed by atoms with E-state index in [9.17, 15) is 20.2 Å². The number of hydrogen-bond donors (Lipinski definition) is 1. The smallest absolute Gasteiger partial charge is 0.280 e. The Morgan fingerprint density at radius 3 is 2.62 bits per heavy atom. The van der Waals surface area contributed by atoms with Crippen molar-refractivity contribution in [2.45, 2.75) is 6.54 Å². The van der Waals surface area contributed by atoms with Gasteiger partial charge in [0.25, 0.3) is 11.6 Å². The fourth-order valence-corrected chi connectivity index (χ4v) is 2.14. The Bertz CT molecular complexity index is 881. The minimum absolute atomic E-state index is 0.0392. The summed E-state index contributed by atoms with van der Waals surface area (Å²) in [5, 5.41) is 23.0. The molecule has 9 heteroatoms. The number of carbonyl (C=O) groups excluding carboxylic acids is 1. The summed E-state index contributed by atoms with van der Waals surface area (Å²) < 4.78 is 15.2. The van der Waals surface area contributed by atoms with Crippen molar-refractivity contribution in [3.63, 3.8) is 0 Å². The van der Waals surface area contributed by atoms with Crippen molar-refractivity contribution in [3.8, 4) is 17.6 Å². The molecule has 0 saturated heterocycles. The number of nitriles is 1. The van der Waals surface area contributed by atoms with E-state index in [4.69, 9.17) is 13.9 Å². The van der Waals surface area contributed by atoms with Crippen molar-refractivity contribution in [3.05, 3.63) is 57.5 Å². The third-order valence-corrected chi connectivity index (χ3v) is 3.40. The van der Waals surface area contributed by atoms with Crippen molar-refractivity contribution >= 4 is 17.7 Å². The van der Waals surface area contributed by atoms with Crippen molar-refractivity contribution in [2.24, 2.45) is 0 Å². The minimum Gasteiger partial charge on any atom is -0.493 e. The predicted molar refractivity (Wildman–Crippen MR) is 90.3 cm³/mol. The number of nitro groups is 1. The van der Waals surface area contributed by atoms with Crippen molar-refractivity contribution in [1.82, 2.24) is 5.32 Å². The number of hydrogen-bond acceptors (Lipinski definition) is 7. The van der Waals surface area contributed by atoms with Gasteiger partial charge in [0.2, 0.25) is 0 Å². The van der Waals surface area contributed by atoms with Crippen LogP contribution in [0.15, 0.2) is 40.5 Å². The van der Waals surface area contributed by atoms with E-state index in [0.717, 1.165) is 6.08 Å². The Morgan fingerprint density at radius 1 is 1.38 bits per heavy atom. The molecule has 0 aliphatic heterocycles. The Kier molecular flexibility index (Phi) is 5.95. The number of amides is 1. The van der Waals surface area contributed by atoms with Crippen LogP contribution in [0.25, 0.3) is 6.08 Å². The monoisotopic (exact) mass is 357 g/mol. The quantitative estimate of drug-likeness (QED) is 0.349. The lowest BCUT2D eigenvalue weighted by atomic mass is 10.1. The van der Waals surface area contributed by atoms with E-state index in [1.165, 1.54) is 32.6 Å². The van der Waals surface area contributed by atoms with Gasteiger partial charge in [-0.3, -0.25) is 14.9 Å². The molecule has 0 unspecified atom stereocenters. The van der Waals surface area contributed by atoms with E-state index < -0.39 is 10.8 Å². The van der Waals surface area contributed by atoms with Gasteiger partial charge in [-0.25, -0.2) is 0 Å². The molecule has 2 rings (SSSR count). The molecule has 1 N–H and O–H groups in total. The van der Waals surface area contributed by atoms with E-state index in [1.807, 2.05) is 0 Å². The van der Waals surface area contributed by atoms with E-state index in [-0.39, 0.29) is 34.9 Å². The highest BCUT2D eigenvalue weighted by atomic mass is 16.6. The summed E-state index contributed by atoms with van der Waals surface area (Å²) in [6.45, 7) is 0.0822. The van der Waals surface area contributed by atoms with Gasteiger partial charge in [-0.05, 0) is 24.3 Å². The first-order chi connectivity index (χ1) is 12.5. The van der Waals surface area contributed by atoms with Crippen LogP contribution in [0.4, 0.5) is 5.69 Å². The second-order valence-electron chi connectivity index (χ2n) is 4.95. The molecule has 0 fully saturated rings. The second-order valence-corrected chi connectivity index (χ2v) is 4.95. The fourth-order valence-electron chi connectivity index (χ4n) is 2.14. The lowest BCUT2D eigenvalue weighted by Crippen LogP contribution is -2.23. The van der Waals surface area contributed by atoms with Gasteiger partial charge in [-0.1, -0.05) is 0 Å². The zero-order valence-corrected chi connectivity index (χ0v) is 14.0. The molecule has 134 valence electrons. The van der Waals surface area contributed by atoms with Crippen LogP contribution in [0.1, 0.15) is 11.3 Å². The average molecular weight is 357 g/mol. The predicted octanol–water partition coefficient (Wildman–Crippen LogP) is 2.43.